The highest BCUT2D eigenvalue weighted by Gasteiger charge is 2.14. The minimum Gasteiger partial charge on any atom is -0.496 e. The predicted molar refractivity (Wildman–Crippen MR) is 81.2 cm³/mol. The average molecular weight is 284 g/mol. The Hall–Kier alpha value is -2.83. The smallest absolute Gasteiger partial charge is 0.224 e. The summed E-state index contributed by atoms with van der Waals surface area (Å²) in [5, 5.41) is 7.64. The fourth-order valence-electron chi connectivity index (χ4n) is 2.29. The van der Waals surface area contributed by atoms with Crippen LogP contribution in [-0.4, -0.2) is 34.3 Å². The number of fused-ring (bicyclic) bond motifs is 1. The van der Waals surface area contributed by atoms with E-state index in [2.05, 4.69) is 20.2 Å². The first kappa shape index (κ1) is 13.2. The summed E-state index contributed by atoms with van der Waals surface area (Å²) >= 11 is 0. The third-order valence-corrected chi connectivity index (χ3v) is 3.27. The minimum absolute atomic E-state index is 0.216. The van der Waals surface area contributed by atoms with Crippen molar-refractivity contribution in [3.8, 4) is 5.75 Å². The molecule has 0 amide bonds. The van der Waals surface area contributed by atoms with Gasteiger partial charge in [-0.25, -0.2) is 0 Å². The average Bonchev–Trinajstić information content (AvgIpc) is 2.94. The number of nitrogens with zero attached hydrogens (tertiary/aromatic N) is 4. The molecule has 0 spiro atoms. The Morgan fingerprint density at radius 3 is 2.90 bits per heavy atom. The lowest BCUT2D eigenvalue weighted by Crippen LogP contribution is -2.19. The summed E-state index contributed by atoms with van der Waals surface area (Å²) in [6, 6.07) is 7.88. The van der Waals surface area contributed by atoms with Gasteiger partial charge in [0.2, 0.25) is 5.95 Å². The predicted octanol–water partition coefficient (Wildman–Crippen LogP) is 1.58. The molecule has 0 saturated heterocycles. The number of para-hydroxylation sites is 1. The number of anilines is 2. The molecule has 1 aromatic carbocycles. The van der Waals surface area contributed by atoms with Crippen LogP contribution in [0, 0.1) is 0 Å². The van der Waals surface area contributed by atoms with Gasteiger partial charge in [0.05, 0.1) is 18.7 Å². The zero-order valence-electron chi connectivity index (χ0n) is 11.9. The highest BCUT2D eigenvalue weighted by molar-refractivity contribution is 5.87. The number of ether oxygens (including phenoxy) is 1. The number of hydrogen-bond acceptors (Lipinski definition) is 6. The molecule has 2 heterocycles. The molecule has 0 atom stereocenters. The topological polar surface area (TPSA) is 93.0 Å². The number of aromatic amines is 1. The molecule has 0 fully saturated rings. The maximum atomic E-state index is 5.75. The number of nitrogen functional groups attached to an aromatic ring is 1. The van der Waals surface area contributed by atoms with Crippen LogP contribution in [0.5, 0.6) is 5.75 Å². The van der Waals surface area contributed by atoms with Gasteiger partial charge in [0, 0.05) is 19.2 Å². The Labute approximate surface area is 121 Å². The summed E-state index contributed by atoms with van der Waals surface area (Å²) in [4.78, 5) is 10.4. The zero-order chi connectivity index (χ0) is 14.8. The number of hydrogen-bond donors (Lipinski definition) is 2. The molecule has 0 unspecified atom stereocenters. The molecule has 7 heteroatoms. The number of methoxy groups -OCH3 is 1. The highest BCUT2D eigenvalue weighted by atomic mass is 16.5. The van der Waals surface area contributed by atoms with Gasteiger partial charge in [0.15, 0.2) is 5.65 Å². The van der Waals surface area contributed by atoms with E-state index < -0.39 is 0 Å². The van der Waals surface area contributed by atoms with Gasteiger partial charge in [-0.2, -0.15) is 15.1 Å². The van der Waals surface area contributed by atoms with Crippen molar-refractivity contribution < 1.29 is 4.74 Å². The van der Waals surface area contributed by atoms with Crippen molar-refractivity contribution in [1.82, 2.24) is 20.2 Å². The van der Waals surface area contributed by atoms with Gasteiger partial charge in [-0.3, -0.25) is 5.10 Å². The van der Waals surface area contributed by atoms with Crippen LogP contribution in [0.25, 0.3) is 11.0 Å². The number of benzene rings is 1. The summed E-state index contributed by atoms with van der Waals surface area (Å²) in [6.07, 6.45) is 1.70. The van der Waals surface area contributed by atoms with E-state index in [9.17, 15) is 0 Å². The standard InChI is InChI=1S/C14H16N6O/c1-20(8-9-5-3-4-6-11(9)21-2)13-10-7-16-19-12(10)17-14(15)18-13/h3-7H,8H2,1-2H3,(H3,15,16,17,18,19). The summed E-state index contributed by atoms with van der Waals surface area (Å²) < 4.78 is 5.38. The number of nitrogens with one attached hydrogen (secondary N) is 1. The van der Waals surface area contributed by atoms with Crippen LogP contribution in [0.4, 0.5) is 11.8 Å². The summed E-state index contributed by atoms with van der Waals surface area (Å²) in [6.45, 7) is 0.640. The lowest BCUT2D eigenvalue weighted by Gasteiger charge is -2.20. The van der Waals surface area contributed by atoms with E-state index >= 15 is 0 Å². The second kappa shape index (κ2) is 5.28. The molecule has 0 aliphatic heterocycles. The molecule has 0 aliphatic rings. The van der Waals surface area contributed by atoms with Crippen LogP contribution in [0.15, 0.2) is 30.5 Å². The Balaban J connectivity index is 1.97. The summed E-state index contributed by atoms with van der Waals surface area (Å²) in [7, 11) is 3.61. The van der Waals surface area contributed by atoms with Crippen molar-refractivity contribution in [2.24, 2.45) is 0 Å². The Kier molecular flexibility index (Phi) is 3.31. The van der Waals surface area contributed by atoms with Gasteiger partial charge < -0.3 is 15.4 Å². The van der Waals surface area contributed by atoms with E-state index in [1.807, 2.05) is 36.2 Å². The molecule has 3 aromatic rings. The van der Waals surface area contributed by atoms with Crippen molar-refractivity contribution in [3.05, 3.63) is 36.0 Å². The number of rotatable bonds is 4. The molecular weight excluding hydrogens is 268 g/mol. The Morgan fingerprint density at radius 1 is 1.29 bits per heavy atom. The molecule has 0 radical (unpaired) electrons. The van der Waals surface area contributed by atoms with Crippen LogP contribution in [0.1, 0.15) is 5.56 Å². The molecule has 2 aromatic heterocycles. The molecule has 108 valence electrons. The molecular formula is C14H16N6O. The van der Waals surface area contributed by atoms with E-state index in [-0.39, 0.29) is 5.95 Å². The fraction of sp³-hybridized carbons (Fsp3) is 0.214. The van der Waals surface area contributed by atoms with Crippen molar-refractivity contribution in [3.63, 3.8) is 0 Å². The van der Waals surface area contributed by atoms with E-state index in [0.29, 0.717) is 12.2 Å². The lowest BCUT2D eigenvalue weighted by molar-refractivity contribution is 0.409. The third kappa shape index (κ3) is 2.45. The van der Waals surface area contributed by atoms with Crippen molar-refractivity contribution in [2.45, 2.75) is 6.54 Å². The fourth-order valence-corrected chi connectivity index (χ4v) is 2.29. The summed E-state index contributed by atoms with van der Waals surface area (Å²) in [5.74, 6) is 1.79. The second-order valence-corrected chi connectivity index (χ2v) is 4.71. The molecule has 3 rings (SSSR count). The molecule has 21 heavy (non-hydrogen) atoms. The highest BCUT2D eigenvalue weighted by Crippen LogP contribution is 2.25. The first-order valence-corrected chi connectivity index (χ1v) is 6.48. The zero-order valence-corrected chi connectivity index (χ0v) is 11.9. The Morgan fingerprint density at radius 2 is 2.10 bits per heavy atom. The number of H-pyrrole nitrogens is 1. The molecule has 3 N–H and O–H groups in total. The van der Waals surface area contributed by atoms with E-state index in [0.717, 1.165) is 22.5 Å². The van der Waals surface area contributed by atoms with Crippen LogP contribution >= 0.6 is 0 Å². The quantitative estimate of drug-likeness (QED) is 0.755. The first-order valence-electron chi connectivity index (χ1n) is 6.48. The van der Waals surface area contributed by atoms with Crippen molar-refractivity contribution in [2.75, 3.05) is 24.8 Å². The minimum atomic E-state index is 0.216. The molecule has 7 nitrogen and oxygen atoms in total. The van der Waals surface area contributed by atoms with E-state index in [1.54, 1.807) is 13.3 Å². The van der Waals surface area contributed by atoms with Gasteiger partial charge in [-0.05, 0) is 6.07 Å². The van der Waals surface area contributed by atoms with Crippen LogP contribution < -0.4 is 15.4 Å². The van der Waals surface area contributed by atoms with Gasteiger partial charge >= 0.3 is 0 Å². The largest absolute Gasteiger partial charge is 0.496 e. The van der Waals surface area contributed by atoms with Crippen molar-refractivity contribution in [1.29, 1.82) is 0 Å². The van der Waals surface area contributed by atoms with E-state index in [4.69, 9.17) is 10.5 Å². The van der Waals surface area contributed by atoms with Crippen LogP contribution in [0.3, 0.4) is 0 Å². The van der Waals surface area contributed by atoms with Gasteiger partial charge in [0.25, 0.3) is 0 Å². The number of nitrogens with two attached hydrogens (primary N) is 1. The van der Waals surface area contributed by atoms with Crippen LogP contribution in [-0.2, 0) is 6.54 Å². The van der Waals surface area contributed by atoms with Crippen LogP contribution in [0.2, 0.25) is 0 Å². The van der Waals surface area contributed by atoms with Gasteiger partial charge in [-0.1, -0.05) is 18.2 Å². The van der Waals surface area contributed by atoms with Crippen molar-refractivity contribution >= 4 is 22.8 Å². The number of aromatic nitrogens is 4. The van der Waals surface area contributed by atoms with E-state index in [1.165, 1.54) is 0 Å². The third-order valence-electron chi connectivity index (χ3n) is 3.27. The maximum Gasteiger partial charge on any atom is 0.224 e. The monoisotopic (exact) mass is 284 g/mol. The van der Waals surface area contributed by atoms with Gasteiger partial charge in [0.1, 0.15) is 11.6 Å². The second-order valence-electron chi connectivity index (χ2n) is 4.71. The molecule has 0 saturated carbocycles. The molecule has 0 aliphatic carbocycles. The maximum absolute atomic E-state index is 5.75. The van der Waals surface area contributed by atoms with Gasteiger partial charge in [-0.15, -0.1) is 0 Å². The first-order chi connectivity index (χ1) is 10.2. The lowest BCUT2D eigenvalue weighted by atomic mass is 10.2. The SMILES string of the molecule is COc1ccccc1CN(C)c1nc(N)nc2[nH]ncc12. The normalized spacial score (nSPS) is 10.8. The molecule has 0 bridgehead atoms. The summed E-state index contributed by atoms with van der Waals surface area (Å²) in [5.41, 5.74) is 7.44. The Bertz CT molecular complexity index is 769.